The highest BCUT2D eigenvalue weighted by Gasteiger charge is 2.42. The molecule has 4 aromatic rings. The van der Waals surface area contributed by atoms with Crippen molar-refractivity contribution in [3.8, 4) is 34.3 Å². The summed E-state index contributed by atoms with van der Waals surface area (Å²) in [5, 5.41) is 7.63. The number of aromatic nitrogens is 2. The van der Waals surface area contributed by atoms with Gasteiger partial charge in [0, 0.05) is 17.7 Å². The van der Waals surface area contributed by atoms with Gasteiger partial charge in [-0.3, -0.25) is 9.89 Å². The zero-order valence-electron chi connectivity index (χ0n) is 24.1. The van der Waals surface area contributed by atoms with Crippen LogP contribution in [0.1, 0.15) is 59.4 Å². The van der Waals surface area contributed by atoms with Crippen LogP contribution < -0.4 is 18.9 Å². The second kappa shape index (κ2) is 12.8. The molecule has 1 aliphatic rings. The van der Waals surface area contributed by atoms with Gasteiger partial charge in [-0.05, 0) is 72.5 Å². The van der Waals surface area contributed by atoms with Crippen LogP contribution in [0.25, 0.3) is 11.3 Å². The Bertz CT molecular complexity index is 1460. The van der Waals surface area contributed by atoms with Gasteiger partial charge >= 0.3 is 0 Å². The Morgan fingerprint density at radius 1 is 0.854 bits per heavy atom. The van der Waals surface area contributed by atoms with E-state index in [2.05, 4.69) is 29.3 Å². The maximum Gasteiger partial charge on any atom is 0.273 e. The molecule has 1 N–H and O–H groups in total. The van der Waals surface area contributed by atoms with E-state index in [0.717, 1.165) is 58.7 Å². The first-order chi connectivity index (χ1) is 20.1. The van der Waals surface area contributed by atoms with Crippen molar-refractivity contribution >= 4 is 5.91 Å². The second-order valence-corrected chi connectivity index (χ2v) is 10.1. The number of aromatic amines is 1. The van der Waals surface area contributed by atoms with Gasteiger partial charge < -0.3 is 23.8 Å². The van der Waals surface area contributed by atoms with Crippen LogP contribution in [0.3, 0.4) is 0 Å². The first kappa shape index (κ1) is 28.1. The molecule has 0 spiro atoms. The molecule has 1 atom stereocenters. The zero-order chi connectivity index (χ0) is 28.8. The van der Waals surface area contributed by atoms with E-state index < -0.39 is 0 Å². The number of fused-ring (bicyclic) bond motifs is 1. The maximum absolute atomic E-state index is 13.8. The lowest BCUT2D eigenvalue weighted by Crippen LogP contribution is -2.31. The van der Waals surface area contributed by atoms with E-state index in [1.807, 2.05) is 59.5 Å². The number of rotatable bonds is 13. The molecule has 0 fully saturated rings. The fourth-order valence-electron chi connectivity index (χ4n) is 5.32. The van der Waals surface area contributed by atoms with Crippen LogP contribution >= 0.6 is 0 Å². The van der Waals surface area contributed by atoms with Gasteiger partial charge in [0.1, 0.15) is 17.2 Å². The number of amides is 1. The average Bonchev–Trinajstić information content (AvgIpc) is 3.57. The summed E-state index contributed by atoms with van der Waals surface area (Å²) >= 11 is 0. The van der Waals surface area contributed by atoms with Crippen molar-refractivity contribution in [2.45, 2.75) is 38.6 Å². The van der Waals surface area contributed by atoms with Gasteiger partial charge in [0.15, 0.2) is 11.5 Å². The third-order valence-corrected chi connectivity index (χ3v) is 7.53. The van der Waals surface area contributed by atoms with Crippen LogP contribution in [-0.2, 0) is 6.42 Å². The zero-order valence-corrected chi connectivity index (χ0v) is 24.1. The second-order valence-electron chi connectivity index (χ2n) is 10.1. The number of unbranched alkanes of at least 4 members (excludes halogenated alkanes) is 2. The molecule has 214 valence electrons. The Hall–Kier alpha value is -4.46. The minimum atomic E-state index is -0.303. The number of carbonyl (C=O) groups excluding carboxylic acids is 1. The van der Waals surface area contributed by atoms with Gasteiger partial charge in [0.25, 0.3) is 5.91 Å². The highest BCUT2D eigenvalue weighted by Crippen LogP contribution is 2.43. The van der Waals surface area contributed by atoms with Crippen LogP contribution in [0.15, 0.2) is 66.7 Å². The molecular formula is C33H37N3O5. The topological polar surface area (TPSA) is 85.9 Å². The lowest BCUT2D eigenvalue weighted by Gasteiger charge is -2.27. The largest absolute Gasteiger partial charge is 0.497 e. The summed E-state index contributed by atoms with van der Waals surface area (Å²) in [6.07, 6.45) is 3.98. The van der Waals surface area contributed by atoms with Crippen LogP contribution in [0, 0.1) is 0 Å². The van der Waals surface area contributed by atoms with E-state index >= 15 is 0 Å². The minimum absolute atomic E-state index is 0.0716. The average molecular weight is 556 g/mol. The fourth-order valence-corrected chi connectivity index (χ4v) is 5.32. The lowest BCUT2D eigenvalue weighted by molar-refractivity contribution is 0.0746. The number of carbonyl (C=O) groups is 1. The summed E-state index contributed by atoms with van der Waals surface area (Å²) in [5.74, 6) is 2.86. The number of hydrogen-bond acceptors (Lipinski definition) is 6. The summed E-state index contributed by atoms with van der Waals surface area (Å²) in [4.78, 5) is 15.7. The molecule has 8 heteroatoms. The van der Waals surface area contributed by atoms with Crippen molar-refractivity contribution < 1.29 is 23.7 Å². The molecule has 0 radical (unpaired) electrons. The number of ether oxygens (including phenoxy) is 4. The number of methoxy groups -OCH3 is 3. The van der Waals surface area contributed by atoms with Crippen molar-refractivity contribution in [2.75, 3.05) is 34.5 Å². The minimum Gasteiger partial charge on any atom is -0.497 e. The number of hydrogen-bond donors (Lipinski definition) is 1. The van der Waals surface area contributed by atoms with Crippen molar-refractivity contribution in [1.29, 1.82) is 0 Å². The van der Waals surface area contributed by atoms with Crippen LogP contribution in [0.4, 0.5) is 0 Å². The van der Waals surface area contributed by atoms with Gasteiger partial charge in [-0.15, -0.1) is 0 Å². The molecule has 5 rings (SSSR count). The Labute approximate surface area is 241 Å². The molecule has 3 aromatic carbocycles. The maximum atomic E-state index is 13.8. The van der Waals surface area contributed by atoms with Crippen molar-refractivity contribution in [2.24, 2.45) is 0 Å². The fraction of sp³-hybridized carbons (Fsp3) is 0.333. The van der Waals surface area contributed by atoms with E-state index in [1.165, 1.54) is 0 Å². The van der Waals surface area contributed by atoms with Crippen molar-refractivity contribution in [1.82, 2.24) is 15.1 Å². The van der Waals surface area contributed by atoms with Crippen molar-refractivity contribution in [3.63, 3.8) is 0 Å². The van der Waals surface area contributed by atoms with E-state index in [1.54, 1.807) is 21.3 Å². The predicted octanol–water partition coefficient (Wildman–Crippen LogP) is 6.46. The molecule has 41 heavy (non-hydrogen) atoms. The highest BCUT2D eigenvalue weighted by molar-refractivity contribution is 6.00. The molecule has 0 saturated heterocycles. The van der Waals surface area contributed by atoms with E-state index in [4.69, 9.17) is 18.9 Å². The van der Waals surface area contributed by atoms with Crippen LogP contribution in [-0.4, -0.2) is 55.5 Å². The summed E-state index contributed by atoms with van der Waals surface area (Å²) in [6.45, 7) is 3.39. The standard InChI is InChI=1S/C33H37N3O5/c1-5-6-7-20-41-26-15-11-24(12-16-26)32-29-30(23-9-13-25(38-2)14-10-23)34-35-31(29)33(37)36(32)19-18-22-8-17-27(39-3)28(21-22)40-4/h8-17,21,32H,5-7,18-20H2,1-4H3,(H,34,35). The SMILES string of the molecule is CCCCCOc1ccc(C2c3c(-c4ccc(OC)cc4)n[nH]c3C(=O)N2CCc2ccc(OC)c(OC)c2)cc1. The summed E-state index contributed by atoms with van der Waals surface area (Å²) in [6, 6.07) is 21.4. The van der Waals surface area contributed by atoms with E-state index in [0.29, 0.717) is 36.8 Å². The predicted molar refractivity (Wildman–Crippen MR) is 158 cm³/mol. The lowest BCUT2D eigenvalue weighted by atomic mass is 9.95. The van der Waals surface area contributed by atoms with Gasteiger partial charge in [0.2, 0.25) is 0 Å². The van der Waals surface area contributed by atoms with Gasteiger partial charge in [0.05, 0.1) is 39.7 Å². The summed E-state index contributed by atoms with van der Waals surface area (Å²) in [5.41, 5.74) is 5.13. The molecule has 1 unspecified atom stereocenters. The molecule has 0 bridgehead atoms. The Balaban J connectivity index is 1.46. The third-order valence-electron chi connectivity index (χ3n) is 7.53. The molecular weight excluding hydrogens is 518 g/mol. The number of benzene rings is 3. The molecule has 0 aliphatic carbocycles. The molecule has 0 saturated carbocycles. The van der Waals surface area contributed by atoms with Crippen LogP contribution in [0.5, 0.6) is 23.0 Å². The molecule has 1 aromatic heterocycles. The monoisotopic (exact) mass is 555 g/mol. The highest BCUT2D eigenvalue weighted by atomic mass is 16.5. The van der Waals surface area contributed by atoms with E-state index in [-0.39, 0.29) is 11.9 Å². The summed E-state index contributed by atoms with van der Waals surface area (Å²) < 4.78 is 22.2. The van der Waals surface area contributed by atoms with Crippen molar-refractivity contribution in [3.05, 3.63) is 89.1 Å². The first-order valence-electron chi connectivity index (χ1n) is 14.0. The molecule has 1 amide bonds. The number of nitrogens with zero attached hydrogens (tertiary/aromatic N) is 2. The smallest absolute Gasteiger partial charge is 0.273 e. The van der Waals surface area contributed by atoms with Gasteiger partial charge in [-0.25, -0.2) is 0 Å². The molecule has 2 heterocycles. The Morgan fingerprint density at radius 3 is 2.27 bits per heavy atom. The number of H-pyrrole nitrogens is 1. The number of nitrogens with one attached hydrogen (secondary N) is 1. The van der Waals surface area contributed by atoms with E-state index in [9.17, 15) is 4.79 Å². The van der Waals surface area contributed by atoms with Crippen LogP contribution in [0.2, 0.25) is 0 Å². The molecule has 8 nitrogen and oxygen atoms in total. The van der Waals surface area contributed by atoms with Gasteiger partial charge in [-0.1, -0.05) is 38.0 Å². The Morgan fingerprint density at radius 2 is 1.59 bits per heavy atom. The third kappa shape index (κ3) is 5.87. The van der Waals surface area contributed by atoms with Gasteiger partial charge in [-0.2, -0.15) is 5.10 Å². The Kier molecular flexibility index (Phi) is 8.77. The summed E-state index contributed by atoms with van der Waals surface area (Å²) in [7, 11) is 4.89. The first-order valence-corrected chi connectivity index (χ1v) is 14.0. The molecule has 1 aliphatic heterocycles. The quantitative estimate of drug-likeness (QED) is 0.191. The normalized spacial score (nSPS) is 14.2.